The Balaban J connectivity index is 2.17. The third-order valence-corrected chi connectivity index (χ3v) is 4.08. The largest absolute Gasteiger partial charge is 0.396 e. The zero-order chi connectivity index (χ0) is 11.1. The van der Waals surface area contributed by atoms with Gasteiger partial charge in [0, 0.05) is 6.61 Å². The van der Waals surface area contributed by atoms with Gasteiger partial charge in [-0.3, -0.25) is 0 Å². The Morgan fingerprint density at radius 2 is 1.80 bits per heavy atom. The van der Waals surface area contributed by atoms with Gasteiger partial charge in [0.05, 0.1) is 0 Å². The zero-order valence-electron chi connectivity index (χ0n) is 10.5. The molecule has 0 aromatic heterocycles. The SMILES string of the molecule is CC(CCCO)CC(C)C1CCCCC1. The highest BCUT2D eigenvalue weighted by Gasteiger charge is 2.21. The molecule has 0 heterocycles. The molecule has 0 aliphatic heterocycles. The summed E-state index contributed by atoms with van der Waals surface area (Å²) >= 11 is 0. The summed E-state index contributed by atoms with van der Waals surface area (Å²) in [4.78, 5) is 0. The molecule has 1 nitrogen and oxygen atoms in total. The summed E-state index contributed by atoms with van der Waals surface area (Å²) in [7, 11) is 0. The van der Waals surface area contributed by atoms with Crippen LogP contribution < -0.4 is 0 Å². The highest BCUT2D eigenvalue weighted by Crippen LogP contribution is 2.33. The predicted octanol–water partition coefficient (Wildman–Crippen LogP) is 4.00. The Kier molecular flexibility index (Phi) is 6.31. The van der Waals surface area contributed by atoms with E-state index in [9.17, 15) is 0 Å². The quantitative estimate of drug-likeness (QED) is 0.705. The molecule has 0 saturated heterocycles. The average molecular weight is 212 g/mol. The summed E-state index contributed by atoms with van der Waals surface area (Å²) in [6.45, 7) is 5.14. The van der Waals surface area contributed by atoms with Gasteiger partial charge in [-0.05, 0) is 37.0 Å². The van der Waals surface area contributed by atoms with E-state index in [1.54, 1.807) is 0 Å². The second-order valence-corrected chi connectivity index (χ2v) is 5.58. The van der Waals surface area contributed by atoms with E-state index >= 15 is 0 Å². The van der Waals surface area contributed by atoms with Crippen LogP contribution in [0.5, 0.6) is 0 Å². The summed E-state index contributed by atoms with van der Waals surface area (Å²) in [5.74, 6) is 2.70. The van der Waals surface area contributed by atoms with Crippen molar-refractivity contribution in [1.82, 2.24) is 0 Å². The molecule has 1 rings (SSSR count). The van der Waals surface area contributed by atoms with Gasteiger partial charge in [-0.1, -0.05) is 46.0 Å². The average Bonchev–Trinajstić information content (AvgIpc) is 2.27. The molecule has 0 amide bonds. The molecular weight excluding hydrogens is 184 g/mol. The van der Waals surface area contributed by atoms with E-state index in [2.05, 4.69) is 13.8 Å². The molecule has 0 aromatic rings. The van der Waals surface area contributed by atoms with Gasteiger partial charge in [0.1, 0.15) is 0 Å². The van der Waals surface area contributed by atoms with Crippen LogP contribution in [0.3, 0.4) is 0 Å². The number of hydrogen-bond donors (Lipinski definition) is 1. The Bertz CT molecular complexity index is 149. The van der Waals surface area contributed by atoms with Crippen molar-refractivity contribution in [2.24, 2.45) is 17.8 Å². The minimum absolute atomic E-state index is 0.363. The van der Waals surface area contributed by atoms with Crippen LogP contribution in [0.25, 0.3) is 0 Å². The summed E-state index contributed by atoms with van der Waals surface area (Å²) in [5.41, 5.74) is 0. The smallest absolute Gasteiger partial charge is 0.0431 e. The molecule has 1 aliphatic carbocycles. The summed E-state index contributed by atoms with van der Waals surface area (Å²) in [5, 5.41) is 8.80. The topological polar surface area (TPSA) is 20.2 Å². The van der Waals surface area contributed by atoms with Crippen molar-refractivity contribution in [3.63, 3.8) is 0 Å². The van der Waals surface area contributed by atoms with Gasteiger partial charge in [-0.2, -0.15) is 0 Å². The lowest BCUT2D eigenvalue weighted by atomic mass is 9.77. The van der Waals surface area contributed by atoms with E-state index in [-0.39, 0.29) is 0 Å². The van der Waals surface area contributed by atoms with Crippen molar-refractivity contribution in [3.05, 3.63) is 0 Å². The van der Waals surface area contributed by atoms with Gasteiger partial charge >= 0.3 is 0 Å². The van der Waals surface area contributed by atoms with Crippen molar-refractivity contribution in [2.45, 2.75) is 65.2 Å². The maximum atomic E-state index is 8.80. The molecule has 1 aliphatic rings. The number of hydrogen-bond acceptors (Lipinski definition) is 1. The third kappa shape index (κ3) is 5.01. The maximum absolute atomic E-state index is 8.80. The van der Waals surface area contributed by atoms with Crippen molar-refractivity contribution >= 4 is 0 Å². The van der Waals surface area contributed by atoms with Crippen molar-refractivity contribution in [1.29, 1.82) is 0 Å². The second-order valence-electron chi connectivity index (χ2n) is 5.58. The minimum atomic E-state index is 0.363. The Morgan fingerprint density at radius 1 is 1.13 bits per heavy atom. The maximum Gasteiger partial charge on any atom is 0.0431 e. The van der Waals surface area contributed by atoms with Crippen LogP contribution in [0.1, 0.15) is 65.2 Å². The van der Waals surface area contributed by atoms with Crippen LogP contribution in [0.15, 0.2) is 0 Å². The summed E-state index contributed by atoms with van der Waals surface area (Å²) < 4.78 is 0. The van der Waals surface area contributed by atoms with Gasteiger partial charge in [0.15, 0.2) is 0 Å². The summed E-state index contributed by atoms with van der Waals surface area (Å²) in [6.07, 6.45) is 10.9. The fraction of sp³-hybridized carbons (Fsp3) is 1.00. The molecule has 1 N–H and O–H groups in total. The molecule has 0 spiro atoms. The molecule has 15 heavy (non-hydrogen) atoms. The van der Waals surface area contributed by atoms with Crippen LogP contribution in [0.4, 0.5) is 0 Å². The molecule has 0 aromatic carbocycles. The van der Waals surface area contributed by atoms with Crippen LogP contribution in [-0.4, -0.2) is 11.7 Å². The minimum Gasteiger partial charge on any atom is -0.396 e. The third-order valence-electron chi connectivity index (χ3n) is 4.08. The van der Waals surface area contributed by atoms with Gasteiger partial charge in [0.25, 0.3) is 0 Å². The number of rotatable bonds is 6. The van der Waals surface area contributed by atoms with E-state index in [1.807, 2.05) is 0 Å². The molecule has 0 bridgehead atoms. The summed E-state index contributed by atoms with van der Waals surface area (Å²) in [6, 6.07) is 0. The van der Waals surface area contributed by atoms with Crippen molar-refractivity contribution in [3.8, 4) is 0 Å². The molecule has 2 atom stereocenters. The zero-order valence-corrected chi connectivity index (χ0v) is 10.5. The molecule has 90 valence electrons. The lowest BCUT2D eigenvalue weighted by Crippen LogP contribution is -2.17. The Labute approximate surface area is 95.3 Å². The molecular formula is C14H28O. The fourth-order valence-electron chi connectivity index (χ4n) is 3.09. The van der Waals surface area contributed by atoms with E-state index in [4.69, 9.17) is 5.11 Å². The first-order valence-corrected chi connectivity index (χ1v) is 6.85. The Hall–Kier alpha value is -0.0400. The highest BCUT2D eigenvalue weighted by atomic mass is 16.2. The highest BCUT2D eigenvalue weighted by molar-refractivity contribution is 4.72. The first-order valence-electron chi connectivity index (χ1n) is 6.85. The molecule has 2 unspecified atom stereocenters. The number of aliphatic hydroxyl groups is 1. The standard InChI is InChI=1S/C14H28O/c1-12(7-6-10-15)11-13(2)14-8-4-3-5-9-14/h12-15H,3-11H2,1-2H3. The Morgan fingerprint density at radius 3 is 2.40 bits per heavy atom. The van der Waals surface area contributed by atoms with Gasteiger partial charge < -0.3 is 5.11 Å². The number of aliphatic hydroxyl groups excluding tert-OH is 1. The van der Waals surface area contributed by atoms with Crippen LogP contribution in [0, 0.1) is 17.8 Å². The lowest BCUT2D eigenvalue weighted by molar-refractivity contribution is 0.216. The normalized spacial score (nSPS) is 22.6. The molecule has 1 heteroatoms. The predicted molar refractivity (Wildman–Crippen MR) is 65.8 cm³/mol. The van der Waals surface area contributed by atoms with E-state index in [0.717, 1.165) is 24.2 Å². The first kappa shape index (κ1) is 13.0. The van der Waals surface area contributed by atoms with Gasteiger partial charge in [0.2, 0.25) is 0 Å². The van der Waals surface area contributed by atoms with E-state index in [0.29, 0.717) is 6.61 Å². The van der Waals surface area contributed by atoms with Crippen LogP contribution in [-0.2, 0) is 0 Å². The van der Waals surface area contributed by atoms with Crippen LogP contribution >= 0.6 is 0 Å². The fourth-order valence-corrected chi connectivity index (χ4v) is 3.09. The first-order chi connectivity index (χ1) is 7.24. The molecule has 0 radical (unpaired) electrons. The monoisotopic (exact) mass is 212 g/mol. The lowest BCUT2D eigenvalue weighted by Gasteiger charge is -2.29. The van der Waals surface area contributed by atoms with E-state index < -0.39 is 0 Å². The molecule has 1 saturated carbocycles. The second kappa shape index (κ2) is 7.27. The van der Waals surface area contributed by atoms with Crippen molar-refractivity contribution in [2.75, 3.05) is 6.61 Å². The van der Waals surface area contributed by atoms with Crippen LogP contribution in [0.2, 0.25) is 0 Å². The van der Waals surface area contributed by atoms with Gasteiger partial charge in [-0.25, -0.2) is 0 Å². The molecule has 1 fully saturated rings. The van der Waals surface area contributed by atoms with Crippen molar-refractivity contribution < 1.29 is 5.11 Å². The van der Waals surface area contributed by atoms with E-state index in [1.165, 1.54) is 44.9 Å². The van der Waals surface area contributed by atoms with Gasteiger partial charge in [-0.15, -0.1) is 0 Å².